The minimum absolute atomic E-state index is 0.500. The maximum atomic E-state index is 5.77. The average Bonchev–Trinajstić information content (AvgIpc) is 2.89. The Labute approximate surface area is 142 Å². The van der Waals surface area contributed by atoms with Crippen LogP contribution >= 0.6 is 0 Å². The van der Waals surface area contributed by atoms with Crippen LogP contribution in [-0.4, -0.2) is 6.61 Å². The van der Waals surface area contributed by atoms with Crippen molar-refractivity contribution in [3.8, 4) is 0 Å². The van der Waals surface area contributed by atoms with Gasteiger partial charge in [-0.3, -0.25) is 0 Å². The maximum absolute atomic E-state index is 5.77. The lowest BCUT2D eigenvalue weighted by Crippen LogP contribution is -2.40. The van der Waals surface area contributed by atoms with Crippen molar-refractivity contribution in [3.63, 3.8) is 0 Å². The molecule has 0 aliphatic heterocycles. The molecular weight excluding hydrogens is 280 g/mol. The van der Waals surface area contributed by atoms with Gasteiger partial charge in [-0.15, -0.1) is 0 Å². The van der Waals surface area contributed by atoms with E-state index in [2.05, 4.69) is 45.1 Å². The zero-order valence-corrected chi connectivity index (χ0v) is 15.3. The van der Waals surface area contributed by atoms with Crippen LogP contribution < -0.4 is 0 Å². The molecule has 128 valence electrons. The van der Waals surface area contributed by atoms with Gasteiger partial charge in [-0.05, 0) is 81.1 Å². The molecule has 0 spiro atoms. The predicted octanol–water partition coefficient (Wildman–Crippen LogP) is 6.43. The fourth-order valence-corrected chi connectivity index (χ4v) is 5.62. The van der Waals surface area contributed by atoms with Gasteiger partial charge < -0.3 is 4.74 Å². The lowest BCUT2D eigenvalue weighted by atomic mass is 9.56. The molecule has 1 nitrogen and oxygen atoms in total. The maximum Gasteiger partial charge on any atom is 0.0959 e. The molecule has 0 saturated heterocycles. The molecule has 0 N–H and O–H groups in total. The highest BCUT2D eigenvalue weighted by molar-refractivity contribution is 5.24. The summed E-state index contributed by atoms with van der Waals surface area (Å²) in [6, 6.07) is 0. The Kier molecular flexibility index (Phi) is 5.34. The van der Waals surface area contributed by atoms with E-state index in [1.165, 1.54) is 50.7 Å². The van der Waals surface area contributed by atoms with E-state index in [1.54, 1.807) is 5.57 Å². The van der Waals surface area contributed by atoms with Gasteiger partial charge in [-0.1, -0.05) is 37.6 Å². The van der Waals surface area contributed by atoms with Gasteiger partial charge in [0.25, 0.3) is 0 Å². The summed E-state index contributed by atoms with van der Waals surface area (Å²) in [7, 11) is 0. The third-order valence-corrected chi connectivity index (χ3v) is 6.86. The Morgan fingerprint density at radius 2 is 2.09 bits per heavy atom. The molecule has 3 aliphatic carbocycles. The second-order valence-electron chi connectivity index (χ2n) is 7.93. The summed E-state index contributed by atoms with van der Waals surface area (Å²) in [5, 5.41) is 0. The van der Waals surface area contributed by atoms with Crippen LogP contribution in [-0.2, 0) is 4.74 Å². The van der Waals surface area contributed by atoms with Crippen molar-refractivity contribution in [3.05, 3.63) is 35.6 Å². The van der Waals surface area contributed by atoms with Crippen LogP contribution in [0.25, 0.3) is 0 Å². The van der Waals surface area contributed by atoms with Crippen LogP contribution in [0.4, 0.5) is 0 Å². The van der Waals surface area contributed by atoms with Crippen LogP contribution in [0.15, 0.2) is 35.6 Å². The van der Waals surface area contributed by atoms with Gasteiger partial charge in [0.05, 0.1) is 12.4 Å². The first-order chi connectivity index (χ1) is 11.2. The summed E-state index contributed by atoms with van der Waals surface area (Å²) in [6.07, 6.45) is 19.9. The molecular formula is C22H34O. The largest absolute Gasteiger partial charge is 0.498 e. The van der Waals surface area contributed by atoms with Crippen LogP contribution in [0.2, 0.25) is 0 Å². The minimum atomic E-state index is 0.500. The number of rotatable bonds is 3. The summed E-state index contributed by atoms with van der Waals surface area (Å²) in [5.74, 6) is 3.87. The van der Waals surface area contributed by atoms with Crippen LogP contribution in [0.3, 0.4) is 0 Å². The summed E-state index contributed by atoms with van der Waals surface area (Å²) in [4.78, 5) is 0. The molecule has 0 amide bonds. The standard InChI is InChI=1S/C22H34O/c1-4-18-13-14-21-20-12-7-6-10-19(23-5-2)11-8-9-17(20)15-16-22(18,21)3/h6-7,10,13,17,20-21H,4-5,8-9,11-12,14-16H2,1-3H3. The topological polar surface area (TPSA) is 9.23 Å². The van der Waals surface area contributed by atoms with Gasteiger partial charge in [0.15, 0.2) is 0 Å². The van der Waals surface area contributed by atoms with Gasteiger partial charge in [0.2, 0.25) is 0 Å². The SMILES string of the molecule is CCOC1=CC=CCC2C(CCC1)CCC1(C)C(CC)=CCC21. The Morgan fingerprint density at radius 1 is 1.22 bits per heavy atom. The summed E-state index contributed by atoms with van der Waals surface area (Å²) < 4.78 is 5.77. The van der Waals surface area contributed by atoms with Crippen molar-refractivity contribution < 1.29 is 4.74 Å². The van der Waals surface area contributed by atoms with Crippen molar-refractivity contribution in [2.45, 2.75) is 72.1 Å². The molecule has 23 heavy (non-hydrogen) atoms. The van der Waals surface area contributed by atoms with Crippen LogP contribution in [0.1, 0.15) is 72.1 Å². The van der Waals surface area contributed by atoms with Crippen molar-refractivity contribution in [2.24, 2.45) is 23.2 Å². The third-order valence-electron chi connectivity index (χ3n) is 6.86. The van der Waals surface area contributed by atoms with Gasteiger partial charge >= 0.3 is 0 Å². The molecule has 0 heterocycles. The van der Waals surface area contributed by atoms with E-state index in [0.717, 1.165) is 30.8 Å². The number of ether oxygens (including phenoxy) is 1. The zero-order valence-electron chi connectivity index (χ0n) is 15.3. The van der Waals surface area contributed by atoms with E-state index >= 15 is 0 Å². The molecule has 3 aliphatic rings. The quantitative estimate of drug-likeness (QED) is 0.546. The van der Waals surface area contributed by atoms with E-state index in [0.29, 0.717) is 5.41 Å². The number of hydrogen-bond donors (Lipinski definition) is 0. The Morgan fingerprint density at radius 3 is 2.87 bits per heavy atom. The first kappa shape index (κ1) is 16.9. The summed E-state index contributed by atoms with van der Waals surface area (Å²) in [5.41, 5.74) is 2.25. The normalized spacial score (nSPS) is 37.4. The lowest BCUT2D eigenvalue weighted by molar-refractivity contribution is 0.0487. The minimum Gasteiger partial charge on any atom is -0.498 e. The molecule has 0 aromatic carbocycles. The molecule has 3 rings (SSSR count). The van der Waals surface area contributed by atoms with Crippen molar-refractivity contribution in [1.82, 2.24) is 0 Å². The number of fused-ring (bicyclic) bond motifs is 3. The molecule has 1 heteroatoms. The second-order valence-corrected chi connectivity index (χ2v) is 7.93. The first-order valence-corrected chi connectivity index (χ1v) is 9.87. The fourth-order valence-electron chi connectivity index (χ4n) is 5.62. The highest BCUT2D eigenvalue weighted by Crippen LogP contribution is 2.58. The molecule has 0 radical (unpaired) electrons. The third kappa shape index (κ3) is 3.30. The summed E-state index contributed by atoms with van der Waals surface area (Å²) in [6.45, 7) is 7.78. The highest BCUT2D eigenvalue weighted by atomic mass is 16.5. The van der Waals surface area contributed by atoms with E-state index in [9.17, 15) is 0 Å². The van der Waals surface area contributed by atoms with Gasteiger partial charge in [0.1, 0.15) is 0 Å². The van der Waals surface area contributed by atoms with Crippen LogP contribution in [0.5, 0.6) is 0 Å². The number of allylic oxidation sites excluding steroid dienone is 6. The van der Waals surface area contributed by atoms with Gasteiger partial charge in [0, 0.05) is 6.42 Å². The Bertz CT molecular complexity index is 498. The predicted molar refractivity (Wildman–Crippen MR) is 98.1 cm³/mol. The molecule has 0 aromatic heterocycles. The van der Waals surface area contributed by atoms with Gasteiger partial charge in [-0.25, -0.2) is 0 Å². The van der Waals surface area contributed by atoms with Crippen molar-refractivity contribution in [1.29, 1.82) is 0 Å². The fraction of sp³-hybridized carbons (Fsp3) is 0.727. The van der Waals surface area contributed by atoms with Crippen molar-refractivity contribution >= 4 is 0 Å². The lowest BCUT2D eigenvalue weighted by Gasteiger charge is -2.48. The molecule has 1 saturated carbocycles. The van der Waals surface area contributed by atoms with E-state index in [4.69, 9.17) is 4.74 Å². The highest BCUT2D eigenvalue weighted by Gasteiger charge is 2.48. The van der Waals surface area contributed by atoms with E-state index < -0.39 is 0 Å². The summed E-state index contributed by atoms with van der Waals surface area (Å²) >= 11 is 0. The number of hydrogen-bond acceptors (Lipinski definition) is 1. The van der Waals surface area contributed by atoms with E-state index in [1.807, 2.05) is 0 Å². The monoisotopic (exact) mass is 314 g/mol. The zero-order chi connectivity index (χ0) is 16.3. The average molecular weight is 315 g/mol. The molecule has 0 aromatic rings. The Hall–Kier alpha value is -0.980. The Balaban J connectivity index is 1.76. The molecule has 4 atom stereocenters. The van der Waals surface area contributed by atoms with Crippen molar-refractivity contribution in [2.75, 3.05) is 6.61 Å². The van der Waals surface area contributed by atoms with Crippen LogP contribution in [0, 0.1) is 23.2 Å². The smallest absolute Gasteiger partial charge is 0.0959 e. The van der Waals surface area contributed by atoms with Gasteiger partial charge in [-0.2, -0.15) is 0 Å². The molecule has 4 unspecified atom stereocenters. The molecule has 1 fully saturated rings. The first-order valence-electron chi connectivity index (χ1n) is 9.87. The molecule has 0 bridgehead atoms. The second kappa shape index (κ2) is 7.28. The van der Waals surface area contributed by atoms with E-state index in [-0.39, 0.29) is 0 Å².